The van der Waals surface area contributed by atoms with E-state index < -0.39 is 0 Å². The summed E-state index contributed by atoms with van der Waals surface area (Å²) in [6.07, 6.45) is 0.370. The second-order valence-corrected chi connectivity index (χ2v) is 6.87. The van der Waals surface area contributed by atoms with Crippen LogP contribution in [0.1, 0.15) is 23.4 Å². The molecule has 0 aliphatic rings. The van der Waals surface area contributed by atoms with Gasteiger partial charge in [-0.2, -0.15) is 0 Å². The van der Waals surface area contributed by atoms with Crippen molar-refractivity contribution in [1.82, 2.24) is 10.3 Å². The van der Waals surface area contributed by atoms with E-state index in [0.717, 1.165) is 21.0 Å². The van der Waals surface area contributed by atoms with E-state index in [2.05, 4.69) is 10.3 Å². The minimum Gasteiger partial charge on any atom is -0.349 e. The van der Waals surface area contributed by atoms with Gasteiger partial charge in [-0.05, 0) is 23.9 Å². The fourth-order valence-electron chi connectivity index (χ4n) is 2.27. The molecular weight excluding hydrogens is 312 g/mol. The molecule has 3 rings (SSSR count). The second-order valence-electron chi connectivity index (χ2n) is 4.98. The molecule has 22 heavy (non-hydrogen) atoms. The molecule has 5 heteroatoms. The lowest BCUT2D eigenvalue weighted by atomic mass is 10.1. The van der Waals surface area contributed by atoms with Crippen molar-refractivity contribution in [3.63, 3.8) is 0 Å². The molecule has 0 aliphatic carbocycles. The van der Waals surface area contributed by atoms with Crippen LogP contribution >= 0.6 is 22.7 Å². The molecule has 1 amide bonds. The Morgan fingerprint density at radius 3 is 2.73 bits per heavy atom. The van der Waals surface area contributed by atoms with E-state index in [-0.39, 0.29) is 11.9 Å². The number of hydrogen-bond acceptors (Lipinski definition) is 4. The van der Waals surface area contributed by atoms with Crippen LogP contribution < -0.4 is 5.32 Å². The summed E-state index contributed by atoms with van der Waals surface area (Å²) in [6, 6.07) is 14.0. The zero-order valence-corrected chi connectivity index (χ0v) is 13.8. The highest BCUT2D eigenvalue weighted by atomic mass is 32.1. The quantitative estimate of drug-likeness (QED) is 0.759. The summed E-state index contributed by atoms with van der Waals surface area (Å²) < 4.78 is 0. The van der Waals surface area contributed by atoms with Crippen molar-refractivity contribution < 1.29 is 4.79 Å². The van der Waals surface area contributed by atoms with Gasteiger partial charge in [-0.1, -0.05) is 36.4 Å². The summed E-state index contributed by atoms with van der Waals surface area (Å²) in [5, 5.41) is 5.07. The highest BCUT2D eigenvalue weighted by Crippen LogP contribution is 2.29. The van der Waals surface area contributed by atoms with Crippen LogP contribution in [0.2, 0.25) is 0 Å². The maximum Gasteiger partial charge on any atom is 0.225 e. The largest absolute Gasteiger partial charge is 0.349 e. The predicted octanol–water partition coefficient (Wildman–Crippen LogP) is 4.29. The van der Waals surface area contributed by atoms with Gasteiger partial charge in [0.2, 0.25) is 5.91 Å². The first kappa shape index (κ1) is 14.9. The van der Waals surface area contributed by atoms with Gasteiger partial charge in [0.15, 0.2) is 0 Å². The van der Waals surface area contributed by atoms with Crippen LogP contribution in [0.25, 0.3) is 10.6 Å². The van der Waals surface area contributed by atoms with E-state index in [1.165, 1.54) is 11.3 Å². The molecule has 0 bridgehead atoms. The van der Waals surface area contributed by atoms with Gasteiger partial charge in [0.1, 0.15) is 0 Å². The molecule has 3 nitrogen and oxygen atoms in total. The number of hydrogen-bond donors (Lipinski definition) is 1. The number of thiazole rings is 1. The van der Waals surface area contributed by atoms with Crippen molar-refractivity contribution in [3.05, 3.63) is 63.8 Å². The third kappa shape index (κ3) is 3.43. The van der Waals surface area contributed by atoms with Gasteiger partial charge >= 0.3 is 0 Å². The van der Waals surface area contributed by atoms with Crippen LogP contribution in [0.15, 0.2) is 53.4 Å². The van der Waals surface area contributed by atoms with Crippen molar-refractivity contribution in [2.75, 3.05) is 0 Å². The van der Waals surface area contributed by atoms with Crippen molar-refractivity contribution >= 4 is 28.6 Å². The Morgan fingerprint density at radius 2 is 2.00 bits per heavy atom. The highest BCUT2D eigenvalue weighted by molar-refractivity contribution is 7.14. The second kappa shape index (κ2) is 6.85. The summed E-state index contributed by atoms with van der Waals surface area (Å²) in [6.45, 7) is 2.00. The molecule has 0 saturated carbocycles. The summed E-state index contributed by atoms with van der Waals surface area (Å²) in [5.74, 6) is 0.0263. The third-order valence-electron chi connectivity index (χ3n) is 3.39. The van der Waals surface area contributed by atoms with Gasteiger partial charge in [-0.25, -0.2) is 4.98 Å². The van der Waals surface area contributed by atoms with Crippen molar-refractivity contribution in [3.8, 4) is 10.6 Å². The fraction of sp³-hybridized carbons (Fsp3) is 0.176. The number of nitrogens with zero attached hydrogens (tertiary/aromatic N) is 1. The molecule has 112 valence electrons. The molecule has 2 aromatic heterocycles. The zero-order valence-electron chi connectivity index (χ0n) is 12.2. The Hall–Kier alpha value is -1.98. The Morgan fingerprint density at radius 1 is 1.18 bits per heavy atom. The number of aromatic nitrogens is 1. The molecule has 1 atom stereocenters. The van der Waals surface area contributed by atoms with Crippen LogP contribution in [-0.2, 0) is 11.2 Å². The zero-order chi connectivity index (χ0) is 15.4. The van der Waals surface area contributed by atoms with Crippen molar-refractivity contribution in [2.24, 2.45) is 0 Å². The van der Waals surface area contributed by atoms with Crippen LogP contribution in [0, 0.1) is 0 Å². The molecule has 0 spiro atoms. The summed E-state index contributed by atoms with van der Waals surface area (Å²) >= 11 is 3.18. The normalized spacial score (nSPS) is 12.0. The molecule has 0 radical (unpaired) electrons. The Labute approximate surface area is 137 Å². The first-order valence-electron chi connectivity index (χ1n) is 7.04. The van der Waals surface area contributed by atoms with Gasteiger partial charge in [0, 0.05) is 4.88 Å². The van der Waals surface area contributed by atoms with Gasteiger partial charge in [-0.3, -0.25) is 4.79 Å². The molecule has 0 fully saturated rings. The minimum atomic E-state index is 0.00630. The monoisotopic (exact) mass is 328 g/mol. The Bertz CT molecular complexity index is 735. The first-order valence-corrected chi connectivity index (χ1v) is 8.80. The number of rotatable bonds is 5. The maximum atomic E-state index is 12.3. The number of amides is 1. The molecule has 1 aromatic carbocycles. The van der Waals surface area contributed by atoms with E-state index in [1.54, 1.807) is 16.8 Å². The summed E-state index contributed by atoms with van der Waals surface area (Å²) in [7, 11) is 0. The highest BCUT2D eigenvalue weighted by Gasteiger charge is 2.15. The van der Waals surface area contributed by atoms with E-state index >= 15 is 0 Å². The molecular formula is C17H16N2OS2. The summed E-state index contributed by atoms with van der Waals surface area (Å²) in [5.41, 5.74) is 3.85. The first-order chi connectivity index (χ1) is 10.7. The standard InChI is InChI=1S/C17H16N2OS2/c1-12(13-6-3-2-4-7-13)19-16(20)10-15-17(18-11-22-15)14-8-5-9-21-14/h2-9,11-12H,10H2,1H3,(H,19,20)/t12-/m1/s1. The summed E-state index contributed by atoms with van der Waals surface area (Å²) in [4.78, 5) is 18.8. The molecule has 0 unspecified atom stereocenters. The molecule has 3 aromatic rings. The molecule has 1 N–H and O–H groups in total. The lowest BCUT2D eigenvalue weighted by molar-refractivity contribution is -0.121. The number of carbonyl (C=O) groups is 1. The van der Waals surface area contributed by atoms with E-state index in [4.69, 9.17) is 0 Å². The maximum absolute atomic E-state index is 12.3. The number of nitrogens with one attached hydrogen (secondary N) is 1. The Balaban J connectivity index is 1.67. The van der Waals surface area contributed by atoms with Crippen LogP contribution in [-0.4, -0.2) is 10.9 Å². The van der Waals surface area contributed by atoms with Gasteiger partial charge in [0.05, 0.1) is 28.5 Å². The molecule has 0 aliphatic heterocycles. The number of thiophene rings is 1. The predicted molar refractivity (Wildman–Crippen MR) is 92.1 cm³/mol. The van der Waals surface area contributed by atoms with E-state index in [0.29, 0.717) is 6.42 Å². The lowest BCUT2D eigenvalue weighted by Gasteiger charge is -2.14. The van der Waals surface area contributed by atoms with Crippen molar-refractivity contribution in [1.29, 1.82) is 0 Å². The third-order valence-corrected chi connectivity index (χ3v) is 5.10. The van der Waals surface area contributed by atoms with Crippen LogP contribution in [0.3, 0.4) is 0 Å². The Kier molecular flexibility index (Phi) is 4.65. The van der Waals surface area contributed by atoms with Gasteiger partial charge < -0.3 is 5.32 Å². The van der Waals surface area contributed by atoms with Crippen LogP contribution in [0.4, 0.5) is 0 Å². The van der Waals surface area contributed by atoms with Gasteiger partial charge in [-0.15, -0.1) is 22.7 Å². The van der Waals surface area contributed by atoms with Crippen molar-refractivity contribution in [2.45, 2.75) is 19.4 Å². The fourth-order valence-corrected chi connectivity index (χ4v) is 3.86. The molecule has 2 heterocycles. The SMILES string of the molecule is C[C@@H](NC(=O)Cc1scnc1-c1cccs1)c1ccccc1. The average Bonchev–Trinajstić information content (AvgIpc) is 3.18. The number of benzene rings is 1. The molecule has 0 saturated heterocycles. The van der Waals surface area contributed by atoms with E-state index in [1.807, 2.05) is 54.8 Å². The number of carbonyl (C=O) groups excluding carboxylic acids is 1. The van der Waals surface area contributed by atoms with Crippen LogP contribution in [0.5, 0.6) is 0 Å². The minimum absolute atomic E-state index is 0.00630. The topological polar surface area (TPSA) is 42.0 Å². The lowest BCUT2D eigenvalue weighted by Crippen LogP contribution is -2.27. The van der Waals surface area contributed by atoms with Gasteiger partial charge in [0.25, 0.3) is 0 Å². The smallest absolute Gasteiger partial charge is 0.225 e. The van der Waals surface area contributed by atoms with E-state index in [9.17, 15) is 4.79 Å². The average molecular weight is 328 g/mol.